The second-order valence-electron chi connectivity index (χ2n) is 17.8. The van der Waals surface area contributed by atoms with E-state index in [9.17, 15) is 14.4 Å². The van der Waals surface area contributed by atoms with E-state index >= 15 is 0 Å². The lowest BCUT2D eigenvalue weighted by molar-refractivity contribution is -0.167. The first-order valence-corrected chi connectivity index (χ1v) is 26.5. The van der Waals surface area contributed by atoms with Crippen molar-refractivity contribution in [2.24, 2.45) is 0 Å². The number of ether oxygens (including phenoxy) is 3. The van der Waals surface area contributed by atoms with Crippen LogP contribution in [-0.2, 0) is 28.6 Å². The molecule has 0 aromatic carbocycles. The summed E-state index contributed by atoms with van der Waals surface area (Å²) in [5.41, 5.74) is 0. The van der Waals surface area contributed by atoms with Crippen molar-refractivity contribution in [1.29, 1.82) is 0 Å². The monoisotopic (exact) mass is 857 g/mol. The number of hydrogen-bond donors (Lipinski definition) is 0. The van der Waals surface area contributed by atoms with Gasteiger partial charge in [0.25, 0.3) is 0 Å². The van der Waals surface area contributed by atoms with E-state index < -0.39 is 6.10 Å². The van der Waals surface area contributed by atoms with Crippen LogP contribution in [0.3, 0.4) is 0 Å². The molecule has 6 heteroatoms. The molecule has 0 aliphatic rings. The molecule has 0 heterocycles. The van der Waals surface area contributed by atoms with E-state index in [0.717, 1.165) is 89.9 Å². The van der Waals surface area contributed by atoms with E-state index in [4.69, 9.17) is 14.2 Å². The lowest BCUT2D eigenvalue weighted by Crippen LogP contribution is -2.30. The molecule has 0 aromatic rings. The average Bonchev–Trinajstić information content (AvgIpc) is 3.26. The molecule has 0 saturated heterocycles. The maximum Gasteiger partial charge on any atom is 0.306 e. The Hall–Kier alpha value is -2.37. The fraction of sp³-hybridized carbons (Fsp3) is 0.836. The number of carbonyl (C=O) groups is 3. The third-order valence-electron chi connectivity index (χ3n) is 11.6. The van der Waals surface area contributed by atoms with Gasteiger partial charge in [-0.2, -0.15) is 0 Å². The molecule has 0 aliphatic carbocycles. The standard InChI is InChI=1S/C55H100O6/c1-4-7-10-13-16-19-22-25-27-30-32-35-38-41-44-47-53(56)59-50-52(61-55(58)49-46-43-40-37-34-29-24-21-18-15-12-9-6-3)51-60-54(57)48-45-42-39-36-33-31-28-26-23-20-17-14-11-8-5-2/h16,19,21,24-25,27,52H,4-15,17-18,20,22-23,26,28-51H2,1-3H3. The van der Waals surface area contributed by atoms with E-state index in [1.54, 1.807) is 0 Å². The zero-order valence-corrected chi connectivity index (χ0v) is 40.7. The van der Waals surface area contributed by atoms with Gasteiger partial charge in [0.05, 0.1) is 0 Å². The van der Waals surface area contributed by atoms with Crippen LogP contribution in [0.25, 0.3) is 0 Å². The van der Waals surface area contributed by atoms with Crippen LogP contribution in [0.4, 0.5) is 0 Å². The van der Waals surface area contributed by atoms with Gasteiger partial charge in [-0.25, -0.2) is 0 Å². The van der Waals surface area contributed by atoms with Crippen molar-refractivity contribution < 1.29 is 28.6 Å². The molecule has 0 fully saturated rings. The minimum atomic E-state index is -0.778. The first-order valence-electron chi connectivity index (χ1n) is 26.5. The predicted octanol–water partition coefficient (Wildman–Crippen LogP) is 17.3. The molecular formula is C55H100O6. The highest BCUT2D eigenvalue weighted by Crippen LogP contribution is 2.15. The maximum absolute atomic E-state index is 12.8. The number of allylic oxidation sites excluding steroid dienone is 6. The third-order valence-corrected chi connectivity index (χ3v) is 11.6. The largest absolute Gasteiger partial charge is 0.462 e. The van der Waals surface area contributed by atoms with Crippen LogP contribution >= 0.6 is 0 Å². The second kappa shape index (κ2) is 50.3. The van der Waals surface area contributed by atoms with Gasteiger partial charge in [0.1, 0.15) is 13.2 Å². The Bertz CT molecular complexity index is 1030. The van der Waals surface area contributed by atoms with Gasteiger partial charge in [-0.15, -0.1) is 0 Å². The number of unbranched alkanes of at least 4 members (excludes halogenated alkanes) is 31. The van der Waals surface area contributed by atoms with E-state index in [2.05, 4.69) is 57.2 Å². The Balaban J connectivity index is 4.37. The van der Waals surface area contributed by atoms with Gasteiger partial charge in [-0.05, 0) is 77.0 Å². The van der Waals surface area contributed by atoms with E-state index in [0.29, 0.717) is 19.3 Å². The van der Waals surface area contributed by atoms with Gasteiger partial charge in [-0.3, -0.25) is 14.4 Å². The Morgan fingerprint density at radius 2 is 0.590 bits per heavy atom. The summed E-state index contributed by atoms with van der Waals surface area (Å²) in [6.07, 6.45) is 58.3. The van der Waals surface area contributed by atoms with Gasteiger partial charge in [-0.1, -0.05) is 218 Å². The molecule has 0 N–H and O–H groups in total. The molecule has 0 amide bonds. The number of hydrogen-bond acceptors (Lipinski definition) is 6. The van der Waals surface area contributed by atoms with Crippen molar-refractivity contribution in [3.63, 3.8) is 0 Å². The van der Waals surface area contributed by atoms with Crippen molar-refractivity contribution in [3.05, 3.63) is 36.5 Å². The predicted molar refractivity (Wildman–Crippen MR) is 261 cm³/mol. The van der Waals surface area contributed by atoms with Crippen molar-refractivity contribution in [3.8, 4) is 0 Å². The molecule has 0 aromatic heterocycles. The summed E-state index contributed by atoms with van der Waals surface area (Å²) in [5, 5.41) is 0. The van der Waals surface area contributed by atoms with Crippen LogP contribution in [0.1, 0.15) is 278 Å². The molecule has 0 rings (SSSR count). The van der Waals surface area contributed by atoms with Gasteiger partial charge in [0, 0.05) is 19.3 Å². The molecule has 61 heavy (non-hydrogen) atoms. The summed E-state index contributed by atoms with van der Waals surface area (Å²) in [6.45, 7) is 6.60. The zero-order valence-electron chi connectivity index (χ0n) is 40.7. The topological polar surface area (TPSA) is 78.9 Å². The highest BCUT2D eigenvalue weighted by Gasteiger charge is 2.19. The molecule has 1 atom stereocenters. The lowest BCUT2D eigenvalue weighted by Gasteiger charge is -2.18. The highest BCUT2D eigenvalue weighted by atomic mass is 16.6. The van der Waals surface area contributed by atoms with Crippen LogP contribution in [0, 0.1) is 0 Å². The van der Waals surface area contributed by atoms with Crippen LogP contribution < -0.4 is 0 Å². The molecule has 0 spiro atoms. The number of carbonyl (C=O) groups excluding carboxylic acids is 3. The number of rotatable bonds is 48. The minimum absolute atomic E-state index is 0.0770. The third kappa shape index (κ3) is 48.5. The van der Waals surface area contributed by atoms with Gasteiger partial charge in [0.15, 0.2) is 6.10 Å². The summed E-state index contributed by atoms with van der Waals surface area (Å²) in [7, 11) is 0. The van der Waals surface area contributed by atoms with Crippen molar-refractivity contribution in [2.75, 3.05) is 13.2 Å². The maximum atomic E-state index is 12.8. The molecule has 0 radical (unpaired) electrons. The fourth-order valence-electron chi connectivity index (χ4n) is 7.59. The molecule has 356 valence electrons. The molecule has 6 nitrogen and oxygen atoms in total. The average molecular weight is 857 g/mol. The molecule has 0 bridgehead atoms. The molecule has 1 unspecified atom stereocenters. The Labute approximate surface area is 378 Å². The highest BCUT2D eigenvalue weighted by molar-refractivity contribution is 5.71. The lowest BCUT2D eigenvalue weighted by atomic mass is 10.0. The van der Waals surface area contributed by atoms with E-state index in [1.807, 2.05) is 0 Å². The number of esters is 3. The zero-order chi connectivity index (χ0) is 44.4. The van der Waals surface area contributed by atoms with E-state index in [-0.39, 0.29) is 31.1 Å². The quantitative estimate of drug-likeness (QED) is 0.0262. The smallest absolute Gasteiger partial charge is 0.306 e. The summed E-state index contributed by atoms with van der Waals surface area (Å²) in [6, 6.07) is 0. The van der Waals surface area contributed by atoms with Crippen molar-refractivity contribution in [2.45, 2.75) is 284 Å². The first-order chi connectivity index (χ1) is 30.0. The summed E-state index contributed by atoms with van der Waals surface area (Å²) < 4.78 is 16.8. The van der Waals surface area contributed by atoms with Crippen LogP contribution in [-0.4, -0.2) is 37.2 Å². The Morgan fingerprint density at radius 1 is 0.328 bits per heavy atom. The van der Waals surface area contributed by atoms with Crippen LogP contribution in [0.2, 0.25) is 0 Å². The van der Waals surface area contributed by atoms with Crippen molar-refractivity contribution >= 4 is 17.9 Å². The van der Waals surface area contributed by atoms with Crippen LogP contribution in [0.15, 0.2) is 36.5 Å². The van der Waals surface area contributed by atoms with Gasteiger partial charge >= 0.3 is 17.9 Å². The summed E-state index contributed by atoms with van der Waals surface area (Å²) >= 11 is 0. The molecule has 0 saturated carbocycles. The summed E-state index contributed by atoms with van der Waals surface area (Å²) in [5.74, 6) is -0.889. The molecular weight excluding hydrogens is 757 g/mol. The first kappa shape index (κ1) is 58.6. The Kier molecular flexibility index (Phi) is 48.3. The van der Waals surface area contributed by atoms with Crippen molar-refractivity contribution in [1.82, 2.24) is 0 Å². The minimum Gasteiger partial charge on any atom is -0.462 e. The summed E-state index contributed by atoms with van der Waals surface area (Å²) in [4.78, 5) is 38.0. The SMILES string of the molecule is CCCCCC=CCC=CCCCCCCCC(=O)OCC(COC(=O)CCCCCCCCCCCCCCCCC)OC(=O)CCCCCCCC=CCCCCCC. The second-order valence-corrected chi connectivity index (χ2v) is 17.8. The Morgan fingerprint density at radius 3 is 0.967 bits per heavy atom. The molecule has 0 aliphatic heterocycles. The van der Waals surface area contributed by atoms with Gasteiger partial charge < -0.3 is 14.2 Å². The van der Waals surface area contributed by atoms with E-state index in [1.165, 1.54) is 148 Å². The van der Waals surface area contributed by atoms with Gasteiger partial charge in [0.2, 0.25) is 0 Å². The fourth-order valence-corrected chi connectivity index (χ4v) is 7.59. The van der Waals surface area contributed by atoms with Crippen LogP contribution in [0.5, 0.6) is 0 Å². The normalized spacial score (nSPS) is 12.2.